The second-order valence-electron chi connectivity index (χ2n) is 4.94. The van der Waals surface area contributed by atoms with Gasteiger partial charge in [-0.2, -0.15) is 0 Å². The van der Waals surface area contributed by atoms with Gasteiger partial charge in [-0.05, 0) is 25.8 Å². The van der Waals surface area contributed by atoms with Gasteiger partial charge < -0.3 is 5.32 Å². The topological polar surface area (TPSA) is 12.0 Å². The molecule has 0 atom stereocenters. The minimum absolute atomic E-state index is 0.754. The summed E-state index contributed by atoms with van der Waals surface area (Å²) in [4.78, 5) is 0. The quantitative estimate of drug-likeness (QED) is 0.467. The number of hydrogen-bond donors (Lipinski definition) is 1. The van der Waals surface area contributed by atoms with E-state index in [1.807, 2.05) is 0 Å². The summed E-state index contributed by atoms with van der Waals surface area (Å²) in [5, 5.41) is 3.63. The van der Waals surface area contributed by atoms with Crippen LogP contribution in [0.2, 0.25) is 0 Å². The van der Waals surface area contributed by atoms with Gasteiger partial charge in [0.1, 0.15) is 0 Å². The van der Waals surface area contributed by atoms with Gasteiger partial charge in [0.05, 0.1) is 0 Å². The first-order chi connectivity index (χ1) is 7.85. The average Bonchev–Trinajstić information content (AvgIpc) is 2.32. The molecule has 16 heavy (non-hydrogen) atoms. The van der Waals surface area contributed by atoms with Gasteiger partial charge >= 0.3 is 0 Å². The molecule has 0 aromatic rings. The second-order valence-corrected chi connectivity index (χ2v) is 4.94. The van der Waals surface area contributed by atoms with E-state index in [2.05, 4.69) is 26.1 Å². The van der Waals surface area contributed by atoms with Crippen molar-refractivity contribution >= 4 is 0 Å². The highest BCUT2D eigenvalue weighted by Crippen LogP contribution is 2.08. The maximum absolute atomic E-state index is 3.63. The molecule has 0 amide bonds. The van der Waals surface area contributed by atoms with Gasteiger partial charge in [-0.3, -0.25) is 0 Å². The van der Waals surface area contributed by atoms with Crippen LogP contribution in [0.3, 0.4) is 0 Å². The van der Waals surface area contributed by atoms with Crippen molar-refractivity contribution in [3.8, 4) is 0 Å². The maximum Gasteiger partial charge on any atom is 0.00618 e. The highest BCUT2D eigenvalue weighted by Gasteiger charge is 2.00. The van der Waals surface area contributed by atoms with Crippen LogP contribution in [-0.2, 0) is 0 Å². The van der Waals surface area contributed by atoms with Crippen LogP contribution in [0, 0.1) is 0 Å². The predicted molar refractivity (Wildman–Crippen MR) is 75.0 cm³/mol. The summed E-state index contributed by atoms with van der Waals surface area (Å²) in [6.07, 6.45) is 13.9. The van der Waals surface area contributed by atoms with E-state index in [0.29, 0.717) is 0 Å². The zero-order valence-corrected chi connectivity index (χ0v) is 11.9. The Hall–Kier alpha value is -0.0400. The Balaban J connectivity index is 3.03. The molecule has 0 fully saturated rings. The Morgan fingerprint density at radius 2 is 1.19 bits per heavy atom. The molecule has 98 valence electrons. The van der Waals surface area contributed by atoms with Crippen LogP contribution in [0.5, 0.6) is 0 Å². The maximum atomic E-state index is 3.63. The molecule has 0 aromatic heterocycles. The van der Waals surface area contributed by atoms with Crippen LogP contribution in [0.1, 0.15) is 85.0 Å². The van der Waals surface area contributed by atoms with Gasteiger partial charge in [0.2, 0.25) is 0 Å². The van der Waals surface area contributed by atoms with Crippen molar-refractivity contribution in [3.05, 3.63) is 0 Å². The van der Waals surface area contributed by atoms with Crippen molar-refractivity contribution in [1.82, 2.24) is 5.32 Å². The molecule has 0 unspecified atom stereocenters. The molecule has 0 aromatic carbocycles. The van der Waals surface area contributed by atoms with Gasteiger partial charge in [-0.25, -0.2) is 0 Å². The summed E-state index contributed by atoms with van der Waals surface area (Å²) < 4.78 is 0. The molecule has 1 N–H and O–H groups in total. The molecule has 0 rings (SSSR count). The first-order valence-corrected chi connectivity index (χ1v) is 7.58. The Morgan fingerprint density at radius 1 is 0.688 bits per heavy atom. The normalized spacial score (nSPS) is 11.2. The SMILES string of the molecule is CCCCCCCCCCNC(CC)CC. The standard InChI is InChI=1S/C15H33N/c1-4-7-8-9-10-11-12-13-14-16-15(5-2)6-3/h15-16H,4-14H2,1-3H3. The van der Waals surface area contributed by atoms with Crippen LogP contribution in [0.4, 0.5) is 0 Å². The summed E-state index contributed by atoms with van der Waals surface area (Å²) in [5.74, 6) is 0. The first kappa shape index (κ1) is 16.0. The van der Waals surface area contributed by atoms with Crippen molar-refractivity contribution < 1.29 is 0 Å². The predicted octanol–water partition coefficient (Wildman–Crippen LogP) is 4.91. The summed E-state index contributed by atoms with van der Waals surface area (Å²) >= 11 is 0. The molecule has 0 aliphatic heterocycles. The van der Waals surface area contributed by atoms with Crippen molar-refractivity contribution in [3.63, 3.8) is 0 Å². The van der Waals surface area contributed by atoms with Crippen LogP contribution in [0.15, 0.2) is 0 Å². The molecule has 0 saturated carbocycles. The fourth-order valence-corrected chi connectivity index (χ4v) is 2.14. The molecular formula is C15H33N. The summed E-state index contributed by atoms with van der Waals surface area (Å²) in [6, 6.07) is 0.754. The van der Waals surface area contributed by atoms with Gasteiger partial charge in [0.25, 0.3) is 0 Å². The van der Waals surface area contributed by atoms with E-state index in [9.17, 15) is 0 Å². The van der Waals surface area contributed by atoms with E-state index in [1.165, 1.54) is 70.8 Å². The van der Waals surface area contributed by atoms with E-state index < -0.39 is 0 Å². The lowest BCUT2D eigenvalue weighted by atomic mass is 10.1. The van der Waals surface area contributed by atoms with Crippen molar-refractivity contribution in [2.45, 2.75) is 91.0 Å². The highest BCUT2D eigenvalue weighted by atomic mass is 14.9. The second kappa shape index (κ2) is 13.0. The largest absolute Gasteiger partial charge is 0.314 e. The fraction of sp³-hybridized carbons (Fsp3) is 1.00. The third-order valence-electron chi connectivity index (χ3n) is 3.45. The highest BCUT2D eigenvalue weighted by molar-refractivity contribution is 4.61. The summed E-state index contributed by atoms with van der Waals surface area (Å²) in [6.45, 7) is 8.05. The number of nitrogens with one attached hydrogen (secondary N) is 1. The Morgan fingerprint density at radius 3 is 1.69 bits per heavy atom. The van der Waals surface area contributed by atoms with E-state index >= 15 is 0 Å². The molecule has 0 heterocycles. The summed E-state index contributed by atoms with van der Waals surface area (Å²) in [7, 11) is 0. The number of unbranched alkanes of at least 4 members (excludes halogenated alkanes) is 7. The summed E-state index contributed by atoms with van der Waals surface area (Å²) in [5.41, 5.74) is 0. The molecular weight excluding hydrogens is 194 g/mol. The lowest BCUT2D eigenvalue weighted by Gasteiger charge is -2.14. The molecule has 0 saturated heterocycles. The Bertz CT molecular complexity index is 119. The molecule has 0 aliphatic rings. The van der Waals surface area contributed by atoms with E-state index in [0.717, 1.165) is 6.04 Å². The molecule has 0 bridgehead atoms. The zero-order valence-electron chi connectivity index (χ0n) is 11.9. The third-order valence-corrected chi connectivity index (χ3v) is 3.45. The van der Waals surface area contributed by atoms with Gasteiger partial charge in [0.15, 0.2) is 0 Å². The lowest BCUT2D eigenvalue weighted by Crippen LogP contribution is -2.28. The fourth-order valence-electron chi connectivity index (χ4n) is 2.14. The van der Waals surface area contributed by atoms with Gasteiger partial charge in [0, 0.05) is 6.04 Å². The van der Waals surface area contributed by atoms with Crippen LogP contribution >= 0.6 is 0 Å². The van der Waals surface area contributed by atoms with Crippen molar-refractivity contribution in [1.29, 1.82) is 0 Å². The molecule has 1 nitrogen and oxygen atoms in total. The van der Waals surface area contributed by atoms with Crippen LogP contribution in [0.25, 0.3) is 0 Å². The van der Waals surface area contributed by atoms with Crippen molar-refractivity contribution in [2.24, 2.45) is 0 Å². The monoisotopic (exact) mass is 227 g/mol. The van der Waals surface area contributed by atoms with Crippen LogP contribution < -0.4 is 5.32 Å². The zero-order chi connectivity index (χ0) is 12.1. The molecule has 1 heteroatoms. The average molecular weight is 227 g/mol. The Kier molecular flexibility index (Phi) is 13.0. The molecule has 0 radical (unpaired) electrons. The first-order valence-electron chi connectivity index (χ1n) is 7.58. The van der Waals surface area contributed by atoms with Gasteiger partial charge in [-0.1, -0.05) is 65.7 Å². The molecule has 0 spiro atoms. The number of hydrogen-bond acceptors (Lipinski definition) is 1. The Labute approximate surface area is 103 Å². The number of rotatable bonds is 12. The van der Waals surface area contributed by atoms with E-state index in [-0.39, 0.29) is 0 Å². The van der Waals surface area contributed by atoms with E-state index in [1.54, 1.807) is 0 Å². The lowest BCUT2D eigenvalue weighted by molar-refractivity contribution is 0.466. The third kappa shape index (κ3) is 10.5. The van der Waals surface area contributed by atoms with Crippen LogP contribution in [-0.4, -0.2) is 12.6 Å². The smallest absolute Gasteiger partial charge is 0.00618 e. The molecule has 0 aliphatic carbocycles. The minimum atomic E-state index is 0.754. The van der Waals surface area contributed by atoms with E-state index in [4.69, 9.17) is 0 Å². The minimum Gasteiger partial charge on any atom is -0.314 e. The van der Waals surface area contributed by atoms with Crippen molar-refractivity contribution in [2.75, 3.05) is 6.54 Å². The van der Waals surface area contributed by atoms with Gasteiger partial charge in [-0.15, -0.1) is 0 Å².